The second-order valence-electron chi connectivity index (χ2n) is 7.81. The maximum atomic E-state index is 9.61. The smallest absolute Gasteiger partial charge is 0.163 e. The molecular weight excluding hydrogens is 236 g/mol. The first-order valence-electron chi connectivity index (χ1n) is 6.89. The molecule has 2 N–H and O–H groups in total. The molecule has 2 heteroatoms. The monoisotopic (exact) mass is 264 g/mol. The van der Waals surface area contributed by atoms with Gasteiger partial charge in [0, 0.05) is 6.42 Å². The van der Waals surface area contributed by atoms with Crippen molar-refractivity contribution in [2.45, 2.75) is 71.5 Å². The molecule has 0 heterocycles. The minimum atomic E-state index is -1.66. The summed E-state index contributed by atoms with van der Waals surface area (Å²) in [4.78, 5) is 0. The number of aliphatic hydroxyl groups is 2. The minimum absolute atomic E-state index is 0.0529. The predicted octanol–water partition coefficient (Wildman–Crippen LogP) is 3.52. The maximum absolute atomic E-state index is 9.61. The van der Waals surface area contributed by atoms with Crippen molar-refractivity contribution in [3.63, 3.8) is 0 Å². The van der Waals surface area contributed by atoms with E-state index in [0.29, 0.717) is 0 Å². The Hall–Kier alpha value is -0.860. The highest BCUT2D eigenvalue weighted by atomic mass is 16.5. The molecule has 0 radical (unpaired) electrons. The van der Waals surface area contributed by atoms with E-state index in [1.165, 1.54) is 18.1 Å². The molecule has 0 saturated heterocycles. The number of hydrogen-bond donors (Lipinski definition) is 2. The third-order valence-corrected chi connectivity index (χ3v) is 3.26. The molecule has 0 amide bonds. The van der Waals surface area contributed by atoms with Crippen LogP contribution in [-0.2, 0) is 17.3 Å². The van der Waals surface area contributed by atoms with Gasteiger partial charge in [0.25, 0.3) is 0 Å². The molecule has 0 aromatic heterocycles. The van der Waals surface area contributed by atoms with Crippen molar-refractivity contribution >= 4 is 0 Å². The minimum Gasteiger partial charge on any atom is -0.366 e. The summed E-state index contributed by atoms with van der Waals surface area (Å²) in [5.41, 5.74) is 3.55. The van der Waals surface area contributed by atoms with Gasteiger partial charge in [-0.15, -0.1) is 0 Å². The van der Waals surface area contributed by atoms with Crippen LogP contribution < -0.4 is 0 Å². The Morgan fingerprint density at radius 3 is 1.37 bits per heavy atom. The highest BCUT2D eigenvalue weighted by molar-refractivity contribution is 5.37. The van der Waals surface area contributed by atoms with Crippen LogP contribution >= 0.6 is 0 Å². The van der Waals surface area contributed by atoms with E-state index in [1.54, 1.807) is 0 Å². The fraction of sp³-hybridized carbons (Fsp3) is 0.647. The van der Waals surface area contributed by atoms with Gasteiger partial charge in [0.15, 0.2) is 5.79 Å². The molecule has 0 fully saturated rings. The van der Waals surface area contributed by atoms with Crippen LogP contribution in [0.15, 0.2) is 18.2 Å². The lowest BCUT2D eigenvalue weighted by atomic mass is 9.79. The van der Waals surface area contributed by atoms with Crippen molar-refractivity contribution in [3.8, 4) is 0 Å². The van der Waals surface area contributed by atoms with Crippen LogP contribution in [0.2, 0.25) is 0 Å². The summed E-state index contributed by atoms with van der Waals surface area (Å²) in [7, 11) is 0. The fourth-order valence-electron chi connectivity index (χ4n) is 2.05. The molecule has 0 aliphatic rings. The van der Waals surface area contributed by atoms with Gasteiger partial charge in [-0.25, -0.2) is 0 Å². The van der Waals surface area contributed by atoms with Gasteiger partial charge in [-0.2, -0.15) is 0 Å². The average Bonchev–Trinajstić information content (AvgIpc) is 2.11. The first kappa shape index (κ1) is 16.2. The second-order valence-corrected chi connectivity index (χ2v) is 7.81. The van der Waals surface area contributed by atoms with Crippen LogP contribution in [0.5, 0.6) is 0 Å². The van der Waals surface area contributed by atoms with Crippen LogP contribution in [-0.4, -0.2) is 16.0 Å². The molecule has 0 bridgehead atoms. The van der Waals surface area contributed by atoms with Crippen LogP contribution in [0, 0.1) is 0 Å². The average molecular weight is 264 g/mol. The zero-order valence-corrected chi connectivity index (χ0v) is 13.3. The summed E-state index contributed by atoms with van der Waals surface area (Å²) in [6, 6.07) is 6.40. The predicted molar refractivity (Wildman–Crippen MR) is 80.4 cm³/mol. The van der Waals surface area contributed by atoms with Crippen LogP contribution in [0.25, 0.3) is 0 Å². The van der Waals surface area contributed by atoms with E-state index in [1.807, 2.05) is 0 Å². The number of rotatable bonds is 2. The molecule has 2 nitrogen and oxygen atoms in total. The Morgan fingerprint density at radius 1 is 0.737 bits per heavy atom. The highest BCUT2D eigenvalue weighted by Crippen LogP contribution is 2.31. The van der Waals surface area contributed by atoms with Crippen molar-refractivity contribution in [1.29, 1.82) is 0 Å². The van der Waals surface area contributed by atoms with Gasteiger partial charge in [0.1, 0.15) is 0 Å². The van der Waals surface area contributed by atoms with Gasteiger partial charge in [-0.1, -0.05) is 59.7 Å². The van der Waals surface area contributed by atoms with Crippen molar-refractivity contribution < 1.29 is 10.2 Å². The van der Waals surface area contributed by atoms with Gasteiger partial charge in [0.05, 0.1) is 0 Å². The zero-order chi connectivity index (χ0) is 15.1. The summed E-state index contributed by atoms with van der Waals surface area (Å²) in [5.74, 6) is -1.66. The van der Waals surface area contributed by atoms with E-state index in [9.17, 15) is 10.2 Å². The molecule has 0 saturated carbocycles. The third kappa shape index (κ3) is 4.96. The quantitative estimate of drug-likeness (QED) is 0.802. The Bertz CT molecular complexity index is 408. The molecule has 1 aromatic rings. The van der Waals surface area contributed by atoms with Crippen molar-refractivity contribution in [3.05, 3.63) is 34.9 Å². The summed E-state index contributed by atoms with van der Waals surface area (Å²) in [5, 5.41) is 19.2. The summed E-state index contributed by atoms with van der Waals surface area (Å²) in [6.07, 6.45) is 0.250. The van der Waals surface area contributed by atoms with Crippen LogP contribution in [0.3, 0.4) is 0 Å². The Balaban J connectivity index is 3.33. The lowest BCUT2D eigenvalue weighted by molar-refractivity contribution is -0.142. The summed E-state index contributed by atoms with van der Waals surface area (Å²) in [6.45, 7) is 14.5. The topological polar surface area (TPSA) is 40.5 Å². The van der Waals surface area contributed by atoms with Gasteiger partial charge in [-0.05, 0) is 34.4 Å². The lowest BCUT2D eigenvalue weighted by Crippen LogP contribution is -2.27. The fourth-order valence-corrected chi connectivity index (χ4v) is 2.05. The Morgan fingerprint density at radius 2 is 1.11 bits per heavy atom. The van der Waals surface area contributed by atoms with Gasteiger partial charge >= 0.3 is 0 Å². The first-order valence-corrected chi connectivity index (χ1v) is 6.89. The molecule has 19 heavy (non-hydrogen) atoms. The van der Waals surface area contributed by atoms with Crippen LogP contribution in [0.4, 0.5) is 0 Å². The highest BCUT2D eigenvalue weighted by Gasteiger charge is 2.23. The Labute approximate surface area is 117 Å². The van der Waals surface area contributed by atoms with E-state index in [-0.39, 0.29) is 17.3 Å². The summed E-state index contributed by atoms with van der Waals surface area (Å²) < 4.78 is 0. The van der Waals surface area contributed by atoms with Crippen molar-refractivity contribution in [2.75, 3.05) is 0 Å². The van der Waals surface area contributed by atoms with Gasteiger partial charge in [0.2, 0.25) is 0 Å². The van der Waals surface area contributed by atoms with E-state index in [0.717, 1.165) is 5.56 Å². The molecule has 1 rings (SSSR count). The van der Waals surface area contributed by atoms with Crippen molar-refractivity contribution in [1.82, 2.24) is 0 Å². The summed E-state index contributed by atoms with van der Waals surface area (Å²) >= 11 is 0. The molecule has 0 aliphatic heterocycles. The molecule has 0 unspecified atom stereocenters. The molecule has 0 spiro atoms. The second kappa shape index (κ2) is 4.92. The molecule has 0 atom stereocenters. The van der Waals surface area contributed by atoms with E-state index < -0.39 is 5.79 Å². The Kier molecular flexibility index (Phi) is 4.19. The lowest BCUT2D eigenvalue weighted by Gasteiger charge is -2.27. The molecule has 108 valence electrons. The van der Waals surface area contributed by atoms with Crippen LogP contribution in [0.1, 0.15) is 65.2 Å². The first-order chi connectivity index (χ1) is 8.29. The maximum Gasteiger partial charge on any atom is 0.163 e. The van der Waals surface area contributed by atoms with Gasteiger partial charge in [-0.3, -0.25) is 0 Å². The van der Waals surface area contributed by atoms with E-state index in [4.69, 9.17) is 0 Å². The van der Waals surface area contributed by atoms with E-state index >= 15 is 0 Å². The normalized spacial score (nSPS) is 13.7. The van der Waals surface area contributed by atoms with E-state index in [2.05, 4.69) is 59.7 Å². The largest absolute Gasteiger partial charge is 0.366 e. The third-order valence-electron chi connectivity index (χ3n) is 3.26. The molecule has 0 aliphatic carbocycles. The van der Waals surface area contributed by atoms with Crippen molar-refractivity contribution in [2.24, 2.45) is 0 Å². The standard InChI is InChI=1S/C17H28O2/c1-15(2,3)13-8-12(11-17(7,18)19)9-14(10-13)16(4,5)6/h8-10,18-19H,11H2,1-7H3. The zero-order valence-electron chi connectivity index (χ0n) is 13.3. The van der Waals surface area contributed by atoms with Gasteiger partial charge < -0.3 is 10.2 Å². The SMILES string of the molecule is CC(O)(O)Cc1cc(C(C)(C)C)cc(C(C)(C)C)c1. The number of hydrogen-bond acceptors (Lipinski definition) is 2. The molecule has 1 aromatic carbocycles. The number of benzene rings is 1. The molecular formula is C17H28O2.